The van der Waals surface area contributed by atoms with Gasteiger partial charge in [-0.25, -0.2) is 9.97 Å². The van der Waals surface area contributed by atoms with Gasteiger partial charge in [-0.3, -0.25) is 9.59 Å². The van der Waals surface area contributed by atoms with Gasteiger partial charge in [-0.2, -0.15) is 13.2 Å². The fourth-order valence-electron chi connectivity index (χ4n) is 4.13. The van der Waals surface area contributed by atoms with Crippen LogP contribution in [0.15, 0.2) is 72.8 Å². The Balaban J connectivity index is 1.65. The van der Waals surface area contributed by atoms with Crippen molar-refractivity contribution in [2.45, 2.75) is 44.8 Å². The molecular formula is C29H26F3N3O3. The third-order valence-corrected chi connectivity index (χ3v) is 6.19. The Morgan fingerprint density at radius 2 is 1.63 bits per heavy atom. The lowest BCUT2D eigenvalue weighted by molar-refractivity contribution is -0.138. The molecule has 6 nitrogen and oxygen atoms in total. The molecule has 0 aliphatic rings. The van der Waals surface area contributed by atoms with Gasteiger partial charge in [0.05, 0.1) is 34.0 Å². The summed E-state index contributed by atoms with van der Waals surface area (Å²) in [6.07, 6.45) is -3.15. The normalized spacial score (nSPS) is 12.3. The number of amides is 1. The van der Waals surface area contributed by atoms with E-state index in [4.69, 9.17) is 10.1 Å². The van der Waals surface area contributed by atoms with Crippen molar-refractivity contribution in [1.82, 2.24) is 15.3 Å². The molecule has 9 heteroatoms. The zero-order valence-electron chi connectivity index (χ0n) is 20.6. The van der Waals surface area contributed by atoms with Crippen LogP contribution in [0.2, 0.25) is 0 Å². The van der Waals surface area contributed by atoms with E-state index < -0.39 is 17.7 Å². The second-order valence-corrected chi connectivity index (χ2v) is 9.00. The summed E-state index contributed by atoms with van der Waals surface area (Å²) in [5.41, 5.74) is 2.97. The lowest BCUT2D eigenvalue weighted by atomic mass is 10.0. The molecule has 0 spiro atoms. The molecule has 0 unspecified atom stereocenters. The van der Waals surface area contributed by atoms with Gasteiger partial charge in [-0.15, -0.1) is 0 Å². The maximum atomic E-state index is 13.1. The Morgan fingerprint density at radius 1 is 0.921 bits per heavy atom. The highest BCUT2D eigenvalue weighted by molar-refractivity contribution is 5.97. The van der Waals surface area contributed by atoms with Crippen LogP contribution in [-0.2, 0) is 17.4 Å². The first-order valence-electron chi connectivity index (χ1n) is 12.2. The third-order valence-electron chi connectivity index (χ3n) is 6.19. The molecule has 1 aromatic heterocycles. The molecule has 2 N–H and O–H groups in total. The number of benzene rings is 3. The zero-order chi connectivity index (χ0) is 27.3. The van der Waals surface area contributed by atoms with Crippen LogP contribution in [0.1, 0.15) is 59.4 Å². The second-order valence-electron chi connectivity index (χ2n) is 9.00. The number of alkyl halides is 3. The number of unbranched alkanes of at least 4 members (excludes halogenated alkanes) is 1. The van der Waals surface area contributed by atoms with E-state index in [1.54, 1.807) is 18.2 Å². The van der Waals surface area contributed by atoms with Crippen LogP contribution in [0.3, 0.4) is 0 Å². The minimum absolute atomic E-state index is 0.000537. The molecule has 1 heterocycles. The summed E-state index contributed by atoms with van der Waals surface area (Å²) in [5, 5.41) is 11.9. The summed E-state index contributed by atoms with van der Waals surface area (Å²) in [5.74, 6) is -1.18. The summed E-state index contributed by atoms with van der Waals surface area (Å²) < 4.78 is 39.2. The van der Waals surface area contributed by atoms with E-state index in [0.29, 0.717) is 52.8 Å². The number of nitrogens with zero attached hydrogens (tertiary/aromatic N) is 2. The van der Waals surface area contributed by atoms with E-state index in [1.807, 2.05) is 37.3 Å². The fourth-order valence-corrected chi connectivity index (χ4v) is 4.13. The van der Waals surface area contributed by atoms with E-state index in [1.165, 1.54) is 12.1 Å². The van der Waals surface area contributed by atoms with Crippen molar-refractivity contribution >= 4 is 22.9 Å². The van der Waals surface area contributed by atoms with E-state index in [-0.39, 0.29) is 18.4 Å². The van der Waals surface area contributed by atoms with Gasteiger partial charge < -0.3 is 10.4 Å². The number of aliphatic carboxylic acids is 1. The van der Waals surface area contributed by atoms with Gasteiger partial charge in [0, 0.05) is 17.5 Å². The van der Waals surface area contributed by atoms with Crippen molar-refractivity contribution in [3.05, 3.63) is 95.2 Å². The van der Waals surface area contributed by atoms with Crippen LogP contribution in [0, 0.1) is 0 Å². The molecule has 4 aromatic rings. The summed E-state index contributed by atoms with van der Waals surface area (Å²) in [6, 6.07) is 19.0. The first-order chi connectivity index (χ1) is 18.1. The summed E-state index contributed by atoms with van der Waals surface area (Å²) in [4.78, 5) is 33.2. The Bertz CT molecular complexity index is 1440. The molecule has 3 aromatic carbocycles. The van der Waals surface area contributed by atoms with Crippen LogP contribution in [0.25, 0.3) is 22.3 Å². The lowest BCUT2D eigenvalue weighted by Gasteiger charge is -2.15. The molecule has 0 saturated carbocycles. The highest BCUT2D eigenvalue weighted by Gasteiger charge is 2.30. The van der Waals surface area contributed by atoms with Crippen molar-refractivity contribution in [2.75, 3.05) is 0 Å². The SMILES string of the molecule is C[C@H](NC(=O)c1ccc2nc(-c3ccc(C(F)(F)F)cc3)c(CCCCC(=O)O)nc2c1)c1ccccc1. The molecule has 0 aliphatic carbocycles. The summed E-state index contributed by atoms with van der Waals surface area (Å²) in [7, 11) is 0. The number of nitrogens with one attached hydrogen (secondary N) is 1. The zero-order valence-corrected chi connectivity index (χ0v) is 20.6. The number of carboxylic acids is 1. The number of carbonyl (C=O) groups excluding carboxylic acids is 1. The van der Waals surface area contributed by atoms with Crippen molar-refractivity contribution in [3.63, 3.8) is 0 Å². The Morgan fingerprint density at radius 3 is 2.29 bits per heavy atom. The smallest absolute Gasteiger partial charge is 0.416 e. The predicted molar refractivity (Wildman–Crippen MR) is 137 cm³/mol. The van der Waals surface area contributed by atoms with Gasteiger partial charge >= 0.3 is 12.1 Å². The molecule has 1 amide bonds. The maximum Gasteiger partial charge on any atom is 0.416 e. The van der Waals surface area contributed by atoms with Gasteiger partial charge in [0.15, 0.2) is 0 Å². The average molecular weight is 522 g/mol. The molecule has 196 valence electrons. The molecule has 38 heavy (non-hydrogen) atoms. The first kappa shape index (κ1) is 26.8. The standard InChI is InChI=1S/C29H26F3N3O3/c1-18(19-7-3-2-4-8-19)33-28(38)21-13-16-23-25(17-21)34-24(9-5-6-10-26(36)37)27(35-23)20-11-14-22(15-12-20)29(30,31)32/h2-4,7-8,11-18H,5-6,9-10H2,1H3,(H,33,38)(H,36,37)/t18-/m0/s1. The second kappa shape index (κ2) is 11.4. The maximum absolute atomic E-state index is 13.1. The molecule has 0 bridgehead atoms. The van der Waals surface area contributed by atoms with Crippen LogP contribution in [0.4, 0.5) is 13.2 Å². The molecular weight excluding hydrogens is 495 g/mol. The summed E-state index contributed by atoms with van der Waals surface area (Å²) >= 11 is 0. The topological polar surface area (TPSA) is 92.2 Å². The van der Waals surface area contributed by atoms with Gasteiger partial charge in [-0.1, -0.05) is 42.5 Å². The van der Waals surface area contributed by atoms with Crippen LogP contribution >= 0.6 is 0 Å². The van der Waals surface area contributed by atoms with E-state index in [2.05, 4.69) is 10.3 Å². The number of aromatic nitrogens is 2. The van der Waals surface area contributed by atoms with Gasteiger partial charge in [-0.05, 0) is 62.1 Å². The van der Waals surface area contributed by atoms with Gasteiger partial charge in [0.1, 0.15) is 0 Å². The quantitative estimate of drug-likeness (QED) is 0.242. The van der Waals surface area contributed by atoms with Crippen molar-refractivity contribution in [2.24, 2.45) is 0 Å². The lowest BCUT2D eigenvalue weighted by Crippen LogP contribution is -2.26. The number of hydrogen-bond donors (Lipinski definition) is 2. The van der Waals surface area contributed by atoms with E-state index in [9.17, 15) is 22.8 Å². The molecule has 4 rings (SSSR count). The minimum Gasteiger partial charge on any atom is -0.481 e. The Kier molecular flexibility index (Phi) is 8.05. The average Bonchev–Trinajstić information content (AvgIpc) is 2.90. The van der Waals surface area contributed by atoms with Crippen LogP contribution in [-0.4, -0.2) is 27.0 Å². The molecule has 0 fully saturated rings. The largest absolute Gasteiger partial charge is 0.481 e. The minimum atomic E-state index is -4.46. The van der Waals surface area contributed by atoms with Crippen molar-refractivity contribution in [1.29, 1.82) is 0 Å². The van der Waals surface area contributed by atoms with E-state index in [0.717, 1.165) is 17.7 Å². The number of rotatable bonds is 9. The van der Waals surface area contributed by atoms with E-state index >= 15 is 0 Å². The Labute approximate surface area is 217 Å². The van der Waals surface area contributed by atoms with Gasteiger partial charge in [0.25, 0.3) is 5.91 Å². The highest BCUT2D eigenvalue weighted by Crippen LogP contribution is 2.32. The molecule has 0 radical (unpaired) electrons. The highest BCUT2D eigenvalue weighted by atomic mass is 19.4. The molecule has 0 aliphatic heterocycles. The van der Waals surface area contributed by atoms with Gasteiger partial charge in [0.2, 0.25) is 0 Å². The monoisotopic (exact) mass is 521 g/mol. The predicted octanol–water partition coefficient (Wildman–Crippen LogP) is 6.60. The Hall–Kier alpha value is -4.27. The first-order valence-corrected chi connectivity index (χ1v) is 12.2. The fraction of sp³-hybridized carbons (Fsp3) is 0.241. The summed E-state index contributed by atoms with van der Waals surface area (Å²) in [6.45, 7) is 1.89. The third kappa shape index (κ3) is 6.53. The number of hydrogen-bond acceptors (Lipinski definition) is 4. The number of carboxylic acid groups (broad SMARTS) is 1. The number of carbonyl (C=O) groups is 2. The van der Waals surface area contributed by atoms with Crippen molar-refractivity contribution in [3.8, 4) is 11.3 Å². The number of halogens is 3. The van der Waals surface area contributed by atoms with Crippen molar-refractivity contribution < 1.29 is 27.9 Å². The number of fused-ring (bicyclic) bond motifs is 1. The van der Waals surface area contributed by atoms with Crippen LogP contribution < -0.4 is 5.32 Å². The molecule has 1 atom stereocenters. The number of aryl methyl sites for hydroxylation is 1. The van der Waals surface area contributed by atoms with Crippen LogP contribution in [0.5, 0.6) is 0 Å². The molecule has 0 saturated heterocycles.